The highest BCUT2D eigenvalue weighted by molar-refractivity contribution is 6.31. The zero-order valence-corrected chi connectivity index (χ0v) is 11.0. The van der Waals surface area contributed by atoms with Gasteiger partial charge in [0.25, 0.3) is 0 Å². The summed E-state index contributed by atoms with van der Waals surface area (Å²) in [5.74, 6) is 0. The molecule has 0 fully saturated rings. The van der Waals surface area contributed by atoms with Gasteiger partial charge >= 0.3 is 0 Å². The molecule has 4 N–H and O–H groups in total. The van der Waals surface area contributed by atoms with Gasteiger partial charge in [-0.1, -0.05) is 17.7 Å². The zero-order valence-electron chi connectivity index (χ0n) is 10.3. The van der Waals surface area contributed by atoms with E-state index in [0.717, 1.165) is 30.2 Å². The summed E-state index contributed by atoms with van der Waals surface area (Å²) in [5, 5.41) is 1.84. The maximum atomic E-state index is 6.11. The molecule has 0 aliphatic carbocycles. The summed E-state index contributed by atoms with van der Waals surface area (Å²) >= 11 is 5.97. The first-order valence-electron chi connectivity index (χ1n) is 6.19. The fourth-order valence-corrected chi connectivity index (χ4v) is 2.29. The third-order valence-electron chi connectivity index (χ3n) is 3.06. The van der Waals surface area contributed by atoms with Crippen molar-refractivity contribution in [2.75, 3.05) is 6.54 Å². The summed E-state index contributed by atoms with van der Waals surface area (Å²) in [6, 6.07) is 7.95. The Morgan fingerprint density at radius 2 is 2.11 bits per heavy atom. The van der Waals surface area contributed by atoms with Crippen molar-refractivity contribution in [2.45, 2.75) is 25.3 Å². The summed E-state index contributed by atoms with van der Waals surface area (Å²) in [6.45, 7) is 0.695. The van der Waals surface area contributed by atoms with Gasteiger partial charge in [-0.05, 0) is 49.6 Å². The Morgan fingerprint density at radius 1 is 1.28 bits per heavy atom. The number of hydrogen-bond acceptors (Lipinski definition) is 3. The molecule has 0 bridgehead atoms. The van der Waals surface area contributed by atoms with Crippen molar-refractivity contribution in [1.82, 2.24) is 4.98 Å². The fraction of sp³-hybridized carbons (Fsp3) is 0.357. The second-order valence-corrected chi connectivity index (χ2v) is 4.96. The van der Waals surface area contributed by atoms with E-state index in [1.54, 1.807) is 0 Å². The van der Waals surface area contributed by atoms with Crippen LogP contribution >= 0.6 is 11.6 Å². The van der Waals surface area contributed by atoms with Crippen LogP contribution in [0.1, 0.15) is 18.4 Å². The number of nitrogens with zero attached hydrogens (tertiary/aromatic N) is 1. The topological polar surface area (TPSA) is 64.9 Å². The fourth-order valence-electron chi connectivity index (χ4n) is 2.12. The minimum Gasteiger partial charge on any atom is -0.330 e. The van der Waals surface area contributed by atoms with Crippen LogP contribution in [0.15, 0.2) is 30.5 Å². The van der Waals surface area contributed by atoms with Crippen molar-refractivity contribution in [3.8, 4) is 0 Å². The summed E-state index contributed by atoms with van der Waals surface area (Å²) in [6.07, 6.45) is 4.58. The van der Waals surface area contributed by atoms with Gasteiger partial charge in [-0.2, -0.15) is 0 Å². The number of fused-ring (bicyclic) bond motifs is 1. The van der Waals surface area contributed by atoms with Gasteiger partial charge in [0.15, 0.2) is 0 Å². The summed E-state index contributed by atoms with van der Waals surface area (Å²) < 4.78 is 0. The number of rotatable bonds is 5. The van der Waals surface area contributed by atoms with E-state index in [-0.39, 0.29) is 6.04 Å². The van der Waals surface area contributed by atoms with Crippen LogP contribution in [0, 0.1) is 0 Å². The summed E-state index contributed by atoms with van der Waals surface area (Å²) in [7, 11) is 0. The maximum absolute atomic E-state index is 6.11. The first-order chi connectivity index (χ1) is 8.70. The second kappa shape index (κ2) is 6.14. The molecule has 96 valence electrons. The van der Waals surface area contributed by atoms with Gasteiger partial charge in [0.1, 0.15) is 0 Å². The molecule has 1 atom stereocenters. The standard InChI is InChI=1S/C14H18ClN3/c15-11-3-4-13-10(5-7-18-14(13)9-11)8-12(17)2-1-6-16/h3-5,7,9,12H,1-2,6,8,16-17H2. The molecule has 2 rings (SSSR count). The highest BCUT2D eigenvalue weighted by Gasteiger charge is 2.07. The summed E-state index contributed by atoms with van der Waals surface area (Å²) in [5.41, 5.74) is 13.8. The van der Waals surface area contributed by atoms with Gasteiger partial charge in [0, 0.05) is 22.6 Å². The lowest BCUT2D eigenvalue weighted by molar-refractivity contribution is 0.586. The lowest BCUT2D eigenvalue weighted by atomic mass is 9.99. The van der Waals surface area contributed by atoms with E-state index in [9.17, 15) is 0 Å². The number of benzene rings is 1. The molecular weight excluding hydrogens is 246 g/mol. The van der Waals surface area contributed by atoms with E-state index in [1.165, 1.54) is 5.56 Å². The third-order valence-corrected chi connectivity index (χ3v) is 3.29. The van der Waals surface area contributed by atoms with Crippen molar-refractivity contribution in [1.29, 1.82) is 0 Å². The quantitative estimate of drug-likeness (QED) is 0.871. The molecule has 1 heterocycles. The molecular formula is C14H18ClN3. The maximum Gasteiger partial charge on any atom is 0.0719 e. The number of hydrogen-bond donors (Lipinski definition) is 2. The zero-order chi connectivity index (χ0) is 13.0. The Bertz CT molecular complexity index is 527. The van der Waals surface area contributed by atoms with Crippen molar-refractivity contribution in [3.63, 3.8) is 0 Å². The average molecular weight is 264 g/mol. The van der Waals surface area contributed by atoms with Gasteiger partial charge in [-0.3, -0.25) is 4.98 Å². The van der Waals surface area contributed by atoms with E-state index >= 15 is 0 Å². The van der Waals surface area contributed by atoms with E-state index < -0.39 is 0 Å². The molecule has 3 nitrogen and oxygen atoms in total. The van der Waals surface area contributed by atoms with Crippen molar-refractivity contribution >= 4 is 22.5 Å². The van der Waals surface area contributed by atoms with Crippen molar-refractivity contribution in [2.24, 2.45) is 11.5 Å². The summed E-state index contributed by atoms with van der Waals surface area (Å²) in [4.78, 5) is 4.33. The number of aromatic nitrogens is 1. The number of pyridine rings is 1. The number of halogens is 1. The van der Waals surface area contributed by atoms with E-state index in [2.05, 4.69) is 4.98 Å². The molecule has 0 spiro atoms. The van der Waals surface area contributed by atoms with E-state index in [0.29, 0.717) is 11.6 Å². The van der Waals surface area contributed by atoms with Gasteiger partial charge in [-0.15, -0.1) is 0 Å². The predicted molar refractivity (Wildman–Crippen MR) is 76.7 cm³/mol. The van der Waals surface area contributed by atoms with Gasteiger partial charge in [-0.25, -0.2) is 0 Å². The minimum atomic E-state index is 0.148. The average Bonchev–Trinajstić information content (AvgIpc) is 2.36. The molecule has 18 heavy (non-hydrogen) atoms. The van der Waals surface area contributed by atoms with Crippen LogP contribution in [-0.4, -0.2) is 17.6 Å². The second-order valence-electron chi connectivity index (χ2n) is 4.53. The lowest BCUT2D eigenvalue weighted by Gasteiger charge is -2.12. The molecule has 0 aliphatic rings. The molecule has 0 aliphatic heterocycles. The van der Waals surface area contributed by atoms with Crippen LogP contribution in [0.2, 0.25) is 5.02 Å². The first-order valence-corrected chi connectivity index (χ1v) is 6.57. The van der Waals surface area contributed by atoms with E-state index in [1.807, 2.05) is 30.5 Å². The minimum absolute atomic E-state index is 0.148. The molecule has 0 saturated carbocycles. The Kier molecular flexibility index (Phi) is 4.53. The Labute approximate surface area is 112 Å². The Hall–Kier alpha value is -1.16. The highest BCUT2D eigenvalue weighted by atomic mass is 35.5. The van der Waals surface area contributed by atoms with E-state index in [4.69, 9.17) is 23.1 Å². The van der Waals surface area contributed by atoms with Crippen LogP contribution < -0.4 is 11.5 Å². The predicted octanol–water partition coefficient (Wildman–Crippen LogP) is 2.50. The molecule has 1 unspecified atom stereocenters. The Morgan fingerprint density at radius 3 is 2.89 bits per heavy atom. The smallest absolute Gasteiger partial charge is 0.0719 e. The van der Waals surface area contributed by atoms with Gasteiger partial charge in [0.05, 0.1) is 5.52 Å². The van der Waals surface area contributed by atoms with Crippen molar-refractivity contribution < 1.29 is 0 Å². The molecule has 4 heteroatoms. The SMILES string of the molecule is NCCCC(N)Cc1ccnc2cc(Cl)ccc12. The number of nitrogens with two attached hydrogens (primary N) is 2. The lowest BCUT2D eigenvalue weighted by Crippen LogP contribution is -2.23. The monoisotopic (exact) mass is 263 g/mol. The normalized spacial score (nSPS) is 12.8. The molecule has 0 amide bonds. The molecule has 2 aromatic rings. The van der Waals surface area contributed by atoms with Crippen LogP contribution in [0.5, 0.6) is 0 Å². The largest absolute Gasteiger partial charge is 0.330 e. The Balaban J connectivity index is 2.22. The molecule has 0 radical (unpaired) electrons. The van der Waals surface area contributed by atoms with Crippen LogP contribution in [0.4, 0.5) is 0 Å². The third kappa shape index (κ3) is 3.19. The molecule has 1 aromatic heterocycles. The molecule has 0 saturated heterocycles. The first kappa shape index (κ1) is 13.3. The van der Waals surface area contributed by atoms with Crippen LogP contribution in [-0.2, 0) is 6.42 Å². The van der Waals surface area contributed by atoms with Crippen LogP contribution in [0.25, 0.3) is 10.9 Å². The van der Waals surface area contributed by atoms with Gasteiger partial charge in [0.2, 0.25) is 0 Å². The van der Waals surface area contributed by atoms with Crippen LogP contribution in [0.3, 0.4) is 0 Å². The van der Waals surface area contributed by atoms with Crippen molar-refractivity contribution in [3.05, 3.63) is 41.0 Å². The highest BCUT2D eigenvalue weighted by Crippen LogP contribution is 2.22. The van der Waals surface area contributed by atoms with Gasteiger partial charge < -0.3 is 11.5 Å². The molecule has 1 aromatic carbocycles.